The quantitative estimate of drug-likeness (QED) is 0.556. The summed E-state index contributed by atoms with van der Waals surface area (Å²) < 4.78 is 0. The number of carbonyl (C=O) groups is 2. The highest BCUT2D eigenvalue weighted by molar-refractivity contribution is 6.22. The first-order chi connectivity index (χ1) is 7.63. The van der Waals surface area contributed by atoms with E-state index in [9.17, 15) is 9.59 Å². The zero-order chi connectivity index (χ0) is 11.7. The molecule has 1 aromatic rings. The molecule has 0 bridgehead atoms. The predicted octanol–water partition coefficient (Wildman–Crippen LogP) is 1.53. The van der Waals surface area contributed by atoms with E-state index in [0.717, 1.165) is 5.56 Å². The maximum atomic E-state index is 11.8. The molecule has 0 spiro atoms. The highest BCUT2D eigenvalue weighted by atomic mass is 16.2. The van der Waals surface area contributed by atoms with Crippen molar-refractivity contribution in [2.24, 2.45) is 11.0 Å². The Bertz CT molecular complexity index is 462. The van der Waals surface area contributed by atoms with E-state index in [4.69, 9.17) is 0 Å². The lowest BCUT2D eigenvalue weighted by Crippen LogP contribution is -2.27. The number of rotatable bonds is 2. The summed E-state index contributed by atoms with van der Waals surface area (Å²) in [6.07, 6.45) is 0.634. The molecular weight excluding hydrogens is 204 g/mol. The highest BCUT2D eigenvalue weighted by Crippen LogP contribution is 2.23. The Hall–Kier alpha value is -1.97. The molecule has 82 valence electrons. The summed E-state index contributed by atoms with van der Waals surface area (Å²) in [7, 11) is 0. The molecule has 1 amide bonds. The summed E-state index contributed by atoms with van der Waals surface area (Å²) in [5, 5.41) is 5.38. The molecule has 4 heteroatoms. The van der Waals surface area contributed by atoms with Crippen molar-refractivity contribution in [2.75, 3.05) is 5.01 Å². The fourth-order valence-corrected chi connectivity index (χ4v) is 1.61. The second-order valence-corrected chi connectivity index (χ2v) is 3.84. The van der Waals surface area contributed by atoms with Crippen molar-refractivity contribution in [3.63, 3.8) is 0 Å². The molecule has 0 aliphatic carbocycles. The molecule has 1 aliphatic heterocycles. The van der Waals surface area contributed by atoms with E-state index in [2.05, 4.69) is 5.10 Å². The minimum atomic E-state index is -0.721. The van der Waals surface area contributed by atoms with Crippen molar-refractivity contribution in [2.45, 2.75) is 13.8 Å². The highest BCUT2D eigenvalue weighted by Gasteiger charge is 2.33. The largest absolute Gasteiger partial charge is 0.302 e. The van der Waals surface area contributed by atoms with Gasteiger partial charge in [-0.1, -0.05) is 17.7 Å². The molecule has 4 nitrogen and oxygen atoms in total. The van der Waals surface area contributed by atoms with Crippen LogP contribution in [0.1, 0.15) is 12.5 Å². The van der Waals surface area contributed by atoms with Gasteiger partial charge in [0.05, 0.1) is 11.4 Å². The fraction of sp³-hybridized carbons (Fsp3) is 0.250. The molecular formula is C12H12N2O2. The molecule has 16 heavy (non-hydrogen) atoms. The Balaban J connectivity index is 2.34. The van der Waals surface area contributed by atoms with Gasteiger partial charge in [-0.05, 0) is 26.0 Å². The number of hydrazone groups is 1. The third kappa shape index (κ3) is 1.62. The van der Waals surface area contributed by atoms with Gasteiger partial charge >= 0.3 is 0 Å². The minimum absolute atomic E-state index is 0.281. The van der Waals surface area contributed by atoms with E-state index < -0.39 is 5.92 Å². The maximum absolute atomic E-state index is 11.8. The van der Waals surface area contributed by atoms with Gasteiger partial charge in [0.1, 0.15) is 12.2 Å². The smallest absolute Gasteiger partial charge is 0.263 e. The third-order valence-corrected chi connectivity index (χ3v) is 2.60. The lowest BCUT2D eigenvalue weighted by Gasteiger charge is -2.12. The summed E-state index contributed by atoms with van der Waals surface area (Å²) >= 11 is 0. The summed E-state index contributed by atoms with van der Waals surface area (Å²) in [5.74, 6) is -1.00. The third-order valence-electron chi connectivity index (χ3n) is 2.60. The van der Waals surface area contributed by atoms with Gasteiger partial charge in [-0.2, -0.15) is 10.1 Å². The van der Waals surface area contributed by atoms with Crippen LogP contribution in [0, 0.1) is 12.8 Å². The topological polar surface area (TPSA) is 49.7 Å². The molecule has 1 atom stereocenters. The van der Waals surface area contributed by atoms with Crippen LogP contribution >= 0.6 is 0 Å². The van der Waals surface area contributed by atoms with E-state index >= 15 is 0 Å². The summed E-state index contributed by atoms with van der Waals surface area (Å²) in [6, 6.07) is 7.44. The number of anilines is 1. The average Bonchev–Trinajstić information content (AvgIpc) is 2.55. The number of benzene rings is 1. The molecule has 0 fully saturated rings. The van der Waals surface area contributed by atoms with Crippen LogP contribution in [0.25, 0.3) is 0 Å². The second kappa shape index (κ2) is 3.89. The maximum Gasteiger partial charge on any atom is 0.263 e. The van der Waals surface area contributed by atoms with Gasteiger partial charge in [0, 0.05) is 0 Å². The van der Waals surface area contributed by atoms with E-state index in [0.29, 0.717) is 17.7 Å². The lowest BCUT2D eigenvalue weighted by atomic mass is 10.1. The molecule has 0 N–H and O–H groups in total. The number of amides is 1. The van der Waals surface area contributed by atoms with Crippen LogP contribution in [0.5, 0.6) is 0 Å². The first-order valence-electron chi connectivity index (χ1n) is 5.04. The van der Waals surface area contributed by atoms with Crippen molar-refractivity contribution < 1.29 is 9.59 Å². The van der Waals surface area contributed by atoms with Crippen LogP contribution in [0.4, 0.5) is 5.69 Å². The van der Waals surface area contributed by atoms with Crippen LogP contribution in [0.15, 0.2) is 29.4 Å². The number of aryl methyl sites for hydroxylation is 1. The zero-order valence-corrected chi connectivity index (χ0v) is 9.18. The minimum Gasteiger partial charge on any atom is -0.302 e. The van der Waals surface area contributed by atoms with Gasteiger partial charge in [0.25, 0.3) is 5.91 Å². The molecule has 2 rings (SSSR count). The first-order valence-corrected chi connectivity index (χ1v) is 5.04. The first kappa shape index (κ1) is 10.5. The zero-order valence-electron chi connectivity index (χ0n) is 9.18. The van der Waals surface area contributed by atoms with E-state index in [-0.39, 0.29) is 5.91 Å². The van der Waals surface area contributed by atoms with Gasteiger partial charge in [0.15, 0.2) is 0 Å². The van der Waals surface area contributed by atoms with Gasteiger partial charge in [-0.25, -0.2) is 0 Å². The molecule has 0 saturated heterocycles. The fourth-order valence-electron chi connectivity index (χ4n) is 1.61. The van der Waals surface area contributed by atoms with E-state index in [1.165, 1.54) is 5.01 Å². The number of hydrogen-bond acceptors (Lipinski definition) is 3. The van der Waals surface area contributed by atoms with Gasteiger partial charge in [-0.3, -0.25) is 4.79 Å². The normalized spacial score (nSPS) is 19.9. The summed E-state index contributed by atoms with van der Waals surface area (Å²) in [4.78, 5) is 22.5. The molecule has 0 unspecified atom stereocenters. The Labute approximate surface area is 93.6 Å². The molecule has 0 saturated carbocycles. The second-order valence-electron chi connectivity index (χ2n) is 3.84. The van der Waals surface area contributed by atoms with Crippen molar-refractivity contribution in [1.29, 1.82) is 0 Å². The van der Waals surface area contributed by atoms with E-state index in [1.807, 2.05) is 31.2 Å². The van der Waals surface area contributed by atoms with Crippen LogP contribution in [-0.2, 0) is 9.59 Å². The van der Waals surface area contributed by atoms with Gasteiger partial charge in [-0.15, -0.1) is 0 Å². The Morgan fingerprint density at radius 3 is 2.38 bits per heavy atom. The van der Waals surface area contributed by atoms with Crippen molar-refractivity contribution in [3.05, 3.63) is 29.8 Å². The number of carbonyl (C=O) groups excluding carboxylic acids is 2. The lowest BCUT2D eigenvalue weighted by molar-refractivity contribution is -0.123. The van der Waals surface area contributed by atoms with E-state index in [1.54, 1.807) is 6.92 Å². The van der Waals surface area contributed by atoms with Crippen molar-refractivity contribution in [3.8, 4) is 0 Å². The number of aldehydes is 1. The van der Waals surface area contributed by atoms with Gasteiger partial charge in [0.2, 0.25) is 0 Å². The molecule has 0 radical (unpaired) electrons. The van der Waals surface area contributed by atoms with Crippen molar-refractivity contribution in [1.82, 2.24) is 0 Å². The summed E-state index contributed by atoms with van der Waals surface area (Å²) in [6.45, 7) is 3.66. The SMILES string of the molecule is CC1=NN(c2ccc(C)cc2)C(=O)[C@H]1C=O. The number of hydrogen-bond donors (Lipinski definition) is 0. The monoisotopic (exact) mass is 216 g/mol. The van der Waals surface area contributed by atoms with Gasteiger partial charge < -0.3 is 4.79 Å². The molecule has 1 aromatic carbocycles. The van der Waals surface area contributed by atoms with Crippen LogP contribution in [0.3, 0.4) is 0 Å². The van der Waals surface area contributed by atoms with Crippen LogP contribution in [-0.4, -0.2) is 17.9 Å². The molecule has 1 aliphatic rings. The predicted molar refractivity (Wildman–Crippen MR) is 61.3 cm³/mol. The van der Waals surface area contributed by atoms with Crippen LogP contribution < -0.4 is 5.01 Å². The number of nitrogens with zero attached hydrogens (tertiary/aromatic N) is 2. The molecule has 1 heterocycles. The Morgan fingerprint density at radius 1 is 1.25 bits per heavy atom. The Morgan fingerprint density at radius 2 is 1.88 bits per heavy atom. The van der Waals surface area contributed by atoms with Crippen LogP contribution in [0.2, 0.25) is 0 Å². The summed E-state index contributed by atoms with van der Waals surface area (Å²) in [5.41, 5.74) is 2.35. The van der Waals surface area contributed by atoms with Crippen molar-refractivity contribution >= 4 is 23.6 Å². The average molecular weight is 216 g/mol. The Kier molecular flexibility index (Phi) is 2.56. The standard InChI is InChI=1S/C12H12N2O2/c1-8-3-5-10(6-4-8)14-12(16)11(7-15)9(2)13-14/h3-7,11H,1-2H3/t11-/m0/s1. The molecule has 0 aromatic heterocycles.